The average Bonchev–Trinajstić information content (AvgIpc) is 2.80. The van der Waals surface area contributed by atoms with Crippen molar-refractivity contribution in [3.8, 4) is 11.1 Å². The van der Waals surface area contributed by atoms with Crippen LogP contribution in [0.3, 0.4) is 0 Å². The van der Waals surface area contributed by atoms with Crippen LogP contribution in [0, 0.1) is 0 Å². The second-order valence-electron chi connectivity index (χ2n) is 6.72. The zero-order valence-corrected chi connectivity index (χ0v) is 16.0. The highest BCUT2D eigenvalue weighted by atomic mass is 16.5. The molecular weight excluding hydrogens is 380 g/mol. The van der Waals surface area contributed by atoms with E-state index in [1.54, 1.807) is 36.4 Å². The van der Waals surface area contributed by atoms with E-state index in [9.17, 15) is 14.4 Å². The predicted molar refractivity (Wildman–Crippen MR) is 113 cm³/mol. The maximum absolute atomic E-state index is 12.4. The summed E-state index contributed by atoms with van der Waals surface area (Å²) in [7, 11) is 0. The number of nitrogens with zero attached hydrogens (tertiary/aromatic N) is 2. The number of fused-ring (bicyclic) bond motifs is 1. The normalized spacial score (nSPS) is 10.7. The monoisotopic (exact) mass is 398 g/mol. The second-order valence-corrected chi connectivity index (χ2v) is 6.72. The van der Waals surface area contributed by atoms with Gasteiger partial charge in [0.15, 0.2) is 12.4 Å². The van der Waals surface area contributed by atoms with E-state index in [1.807, 2.05) is 42.5 Å². The lowest BCUT2D eigenvalue weighted by Gasteiger charge is -2.08. The van der Waals surface area contributed by atoms with Gasteiger partial charge in [-0.2, -0.15) is 0 Å². The predicted octanol–water partition coefficient (Wildman–Crippen LogP) is 3.49. The van der Waals surface area contributed by atoms with E-state index in [4.69, 9.17) is 4.74 Å². The minimum Gasteiger partial charge on any atom is -0.456 e. The largest absolute Gasteiger partial charge is 0.456 e. The third-order valence-electron chi connectivity index (χ3n) is 4.71. The van der Waals surface area contributed by atoms with Crippen LogP contribution in [0.1, 0.15) is 10.4 Å². The van der Waals surface area contributed by atoms with Gasteiger partial charge in [0.2, 0.25) is 0 Å². The molecular formula is C24H18N2O4. The Kier molecular flexibility index (Phi) is 5.48. The third-order valence-corrected chi connectivity index (χ3v) is 4.71. The van der Waals surface area contributed by atoms with Crippen LogP contribution >= 0.6 is 0 Å². The van der Waals surface area contributed by atoms with Crippen molar-refractivity contribution in [3.05, 3.63) is 101 Å². The number of benzene rings is 3. The Morgan fingerprint density at radius 3 is 2.27 bits per heavy atom. The van der Waals surface area contributed by atoms with E-state index < -0.39 is 5.97 Å². The number of hydrogen-bond acceptors (Lipinski definition) is 5. The van der Waals surface area contributed by atoms with Crippen LogP contribution < -0.4 is 5.56 Å². The van der Waals surface area contributed by atoms with Gasteiger partial charge in [-0.1, -0.05) is 66.7 Å². The first kappa shape index (κ1) is 19.3. The summed E-state index contributed by atoms with van der Waals surface area (Å²) in [6.45, 7) is -0.698. The lowest BCUT2D eigenvalue weighted by molar-refractivity contribution is -0.143. The zero-order valence-electron chi connectivity index (χ0n) is 16.0. The second kappa shape index (κ2) is 8.53. The minimum atomic E-state index is -0.677. The van der Waals surface area contributed by atoms with E-state index in [1.165, 1.54) is 10.9 Å². The first-order valence-electron chi connectivity index (χ1n) is 9.40. The number of ether oxygens (including phenoxy) is 1. The highest BCUT2D eigenvalue weighted by Crippen LogP contribution is 2.19. The molecule has 0 atom stereocenters. The first-order chi connectivity index (χ1) is 14.6. The number of carbonyl (C=O) groups excluding carboxylic acids is 2. The summed E-state index contributed by atoms with van der Waals surface area (Å²) in [6, 6.07) is 23.8. The van der Waals surface area contributed by atoms with Crippen molar-refractivity contribution in [1.82, 2.24) is 9.55 Å². The SMILES string of the molecule is O=C(Cn1cnc2ccccc2c1=O)OCC(=O)c1ccc(-c2ccccc2)cc1. The molecule has 4 aromatic rings. The minimum absolute atomic E-state index is 0.309. The molecule has 0 fully saturated rings. The highest BCUT2D eigenvalue weighted by molar-refractivity contribution is 5.98. The number of hydrogen-bond donors (Lipinski definition) is 0. The Morgan fingerprint density at radius 2 is 1.50 bits per heavy atom. The van der Waals surface area contributed by atoms with Crippen LogP contribution in [-0.2, 0) is 16.1 Å². The number of ketones is 1. The Hall–Kier alpha value is -4.06. The van der Waals surface area contributed by atoms with Crippen molar-refractivity contribution in [3.63, 3.8) is 0 Å². The zero-order chi connectivity index (χ0) is 20.9. The van der Waals surface area contributed by atoms with Gasteiger partial charge >= 0.3 is 5.97 Å². The van der Waals surface area contributed by atoms with Gasteiger partial charge in [-0.3, -0.25) is 19.0 Å². The molecule has 0 N–H and O–H groups in total. The molecule has 0 aliphatic rings. The van der Waals surface area contributed by atoms with E-state index in [-0.39, 0.29) is 24.5 Å². The molecule has 0 aliphatic heterocycles. The van der Waals surface area contributed by atoms with Crippen LogP contribution in [0.5, 0.6) is 0 Å². The maximum atomic E-state index is 12.4. The van der Waals surface area contributed by atoms with Crippen molar-refractivity contribution in [1.29, 1.82) is 0 Å². The smallest absolute Gasteiger partial charge is 0.326 e. The van der Waals surface area contributed by atoms with Gasteiger partial charge in [-0.15, -0.1) is 0 Å². The molecule has 0 spiro atoms. The van der Waals surface area contributed by atoms with Crippen LogP contribution in [0.15, 0.2) is 90.0 Å². The lowest BCUT2D eigenvalue weighted by Crippen LogP contribution is -2.26. The molecule has 3 aromatic carbocycles. The summed E-state index contributed by atoms with van der Waals surface area (Å²) in [5, 5.41) is 0.419. The molecule has 6 heteroatoms. The molecule has 0 saturated heterocycles. The van der Waals surface area contributed by atoms with E-state index in [0.29, 0.717) is 16.5 Å². The third kappa shape index (κ3) is 4.17. The summed E-state index contributed by atoms with van der Waals surface area (Å²) in [5.74, 6) is -0.990. The molecule has 1 aromatic heterocycles. The standard InChI is InChI=1S/C24H18N2O4/c27-22(19-12-10-18(11-13-19)17-6-2-1-3-7-17)15-30-23(28)14-26-16-25-21-9-5-4-8-20(21)24(26)29/h1-13,16H,14-15H2. The number of para-hydroxylation sites is 1. The Labute approximate surface area is 172 Å². The van der Waals surface area contributed by atoms with Crippen molar-refractivity contribution in [2.45, 2.75) is 6.54 Å². The van der Waals surface area contributed by atoms with E-state index in [2.05, 4.69) is 4.98 Å². The van der Waals surface area contributed by atoms with Gasteiger partial charge in [0.1, 0.15) is 6.54 Å². The van der Waals surface area contributed by atoms with Gasteiger partial charge in [-0.25, -0.2) is 4.98 Å². The van der Waals surface area contributed by atoms with Gasteiger partial charge in [0.05, 0.1) is 17.2 Å². The molecule has 0 unspecified atom stereocenters. The van der Waals surface area contributed by atoms with Crippen molar-refractivity contribution < 1.29 is 14.3 Å². The van der Waals surface area contributed by atoms with E-state index >= 15 is 0 Å². The van der Waals surface area contributed by atoms with Crippen LogP contribution in [-0.4, -0.2) is 27.9 Å². The number of rotatable bonds is 6. The van der Waals surface area contributed by atoms with Crippen molar-refractivity contribution in [2.75, 3.05) is 6.61 Å². The Balaban J connectivity index is 1.37. The topological polar surface area (TPSA) is 78.3 Å². The summed E-state index contributed by atoms with van der Waals surface area (Å²) < 4.78 is 6.24. The molecule has 1 heterocycles. The van der Waals surface area contributed by atoms with Crippen LogP contribution in [0.2, 0.25) is 0 Å². The fraction of sp³-hybridized carbons (Fsp3) is 0.0833. The fourth-order valence-corrected chi connectivity index (χ4v) is 3.11. The number of esters is 1. The number of Topliss-reactive ketones (excluding diaryl/α,β-unsaturated/α-hetero) is 1. The summed E-state index contributed by atoms with van der Waals surface area (Å²) in [5.41, 5.74) is 2.72. The lowest BCUT2D eigenvalue weighted by atomic mass is 10.0. The average molecular weight is 398 g/mol. The maximum Gasteiger partial charge on any atom is 0.326 e. The van der Waals surface area contributed by atoms with Gasteiger partial charge < -0.3 is 4.74 Å². The van der Waals surface area contributed by atoms with Crippen LogP contribution in [0.25, 0.3) is 22.0 Å². The molecule has 0 amide bonds. The summed E-state index contributed by atoms with van der Waals surface area (Å²) in [6.07, 6.45) is 1.30. The van der Waals surface area contributed by atoms with Gasteiger partial charge in [-0.05, 0) is 23.3 Å². The fourth-order valence-electron chi connectivity index (χ4n) is 3.11. The van der Waals surface area contributed by atoms with Crippen LogP contribution in [0.4, 0.5) is 0 Å². The molecule has 0 aliphatic carbocycles. The molecule has 148 valence electrons. The van der Waals surface area contributed by atoms with Gasteiger partial charge in [0, 0.05) is 5.56 Å². The molecule has 0 radical (unpaired) electrons. The van der Waals surface area contributed by atoms with E-state index in [0.717, 1.165) is 11.1 Å². The van der Waals surface area contributed by atoms with Crippen molar-refractivity contribution >= 4 is 22.7 Å². The van der Waals surface area contributed by atoms with Crippen molar-refractivity contribution in [2.24, 2.45) is 0 Å². The molecule has 4 rings (SSSR count). The molecule has 6 nitrogen and oxygen atoms in total. The molecule has 30 heavy (non-hydrogen) atoms. The summed E-state index contributed by atoms with van der Waals surface area (Å²) in [4.78, 5) is 41.0. The molecule has 0 bridgehead atoms. The Morgan fingerprint density at radius 1 is 0.833 bits per heavy atom. The van der Waals surface area contributed by atoms with Gasteiger partial charge in [0.25, 0.3) is 5.56 Å². The number of aromatic nitrogens is 2. The molecule has 0 saturated carbocycles. The quantitative estimate of drug-likeness (QED) is 0.367. The Bertz CT molecular complexity index is 1260. The highest BCUT2D eigenvalue weighted by Gasteiger charge is 2.12. The summed E-state index contributed by atoms with van der Waals surface area (Å²) >= 11 is 0. The number of carbonyl (C=O) groups is 2. The first-order valence-corrected chi connectivity index (χ1v) is 9.40.